The Bertz CT molecular complexity index is 560. The van der Waals surface area contributed by atoms with Crippen LogP contribution in [0.15, 0.2) is 29.2 Å². The van der Waals surface area contributed by atoms with Gasteiger partial charge in [-0.2, -0.15) is 5.26 Å². The maximum atomic E-state index is 11.6. The predicted molar refractivity (Wildman–Crippen MR) is 61.2 cm³/mol. The summed E-state index contributed by atoms with van der Waals surface area (Å²) in [6.45, 7) is -0.550. The molecule has 3 N–H and O–H groups in total. The lowest BCUT2D eigenvalue weighted by molar-refractivity contribution is -0.123. The van der Waals surface area contributed by atoms with E-state index in [0.717, 1.165) is 0 Å². The first-order valence-electron chi connectivity index (χ1n) is 4.83. The summed E-state index contributed by atoms with van der Waals surface area (Å²) in [4.78, 5) is 16.5. The van der Waals surface area contributed by atoms with Crippen molar-refractivity contribution in [1.82, 2.24) is 4.89 Å². The summed E-state index contributed by atoms with van der Waals surface area (Å²) in [5, 5.41) is 8.47. The van der Waals surface area contributed by atoms with Gasteiger partial charge in [0.15, 0.2) is 0 Å². The number of nitrogens with two attached hydrogens (primary N) is 1. The monoisotopic (exact) mass is 269 g/mol. The molecule has 0 atom stereocenters. The van der Waals surface area contributed by atoms with Crippen molar-refractivity contribution in [2.75, 3.05) is 6.61 Å². The Balaban J connectivity index is 2.73. The number of nitrogens with one attached hydrogen (secondary N) is 1. The highest BCUT2D eigenvalue weighted by atomic mass is 32.2. The number of nitrogens with zero attached hydrogens (tertiary/aromatic N) is 1. The summed E-state index contributed by atoms with van der Waals surface area (Å²) in [6.07, 6.45) is 0.200. The number of rotatable bonds is 6. The van der Waals surface area contributed by atoms with Gasteiger partial charge in [-0.25, -0.2) is 8.42 Å². The second kappa shape index (κ2) is 6.11. The molecule has 0 saturated heterocycles. The van der Waals surface area contributed by atoms with Crippen LogP contribution < -0.4 is 10.6 Å². The van der Waals surface area contributed by atoms with Crippen molar-refractivity contribution in [2.45, 2.75) is 11.3 Å². The first kappa shape index (κ1) is 14.1. The number of sulfonamides is 1. The lowest BCUT2D eigenvalue weighted by Crippen LogP contribution is -2.29. The zero-order chi connectivity index (χ0) is 13.6. The molecule has 0 aliphatic carbocycles. The van der Waals surface area contributed by atoms with E-state index < -0.39 is 22.5 Å². The van der Waals surface area contributed by atoms with Crippen molar-refractivity contribution >= 4 is 15.9 Å². The van der Waals surface area contributed by atoms with Gasteiger partial charge < -0.3 is 5.73 Å². The largest absolute Gasteiger partial charge is 0.368 e. The third-order valence-electron chi connectivity index (χ3n) is 1.90. The fourth-order valence-corrected chi connectivity index (χ4v) is 1.91. The molecule has 0 unspecified atom stereocenters. The number of carbonyl (C=O) groups is 1. The first-order chi connectivity index (χ1) is 8.45. The van der Waals surface area contributed by atoms with Crippen LogP contribution in [-0.2, 0) is 26.1 Å². The molecule has 0 aromatic heterocycles. The van der Waals surface area contributed by atoms with Gasteiger partial charge in [0.25, 0.3) is 10.0 Å². The summed E-state index contributed by atoms with van der Waals surface area (Å²) in [6, 6.07) is 7.66. The van der Waals surface area contributed by atoms with Gasteiger partial charge in [0.1, 0.15) is 6.61 Å². The van der Waals surface area contributed by atoms with E-state index in [0.29, 0.717) is 5.56 Å². The minimum atomic E-state index is -3.85. The second-order valence-corrected chi connectivity index (χ2v) is 4.97. The Kier molecular flexibility index (Phi) is 4.79. The number of carbonyl (C=O) groups excluding carboxylic acids is 1. The maximum Gasteiger partial charge on any atom is 0.262 e. The lowest BCUT2D eigenvalue weighted by atomic mass is 10.2. The van der Waals surface area contributed by atoms with Crippen LogP contribution in [-0.4, -0.2) is 20.9 Å². The van der Waals surface area contributed by atoms with Crippen LogP contribution in [0.1, 0.15) is 5.56 Å². The molecule has 0 heterocycles. The van der Waals surface area contributed by atoms with Gasteiger partial charge in [-0.05, 0) is 17.7 Å². The Morgan fingerprint density at radius 2 is 2.00 bits per heavy atom. The molecule has 1 amide bonds. The molecule has 18 heavy (non-hydrogen) atoms. The highest BCUT2D eigenvalue weighted by Crippen LogP contribution is 2.10. The van der Waals surface area contributed by atoms with Gasteiger partial charge in [0, 0.05) is 0 Å². The summed E-state index contributed by atoms with van der Waals surface area (Å²) in [5.41, 5.74) is 5.49. The van der Waals surface area contributed by atoms with Crippen LogP contribution in [0.3, 0.4) is 0 Å². The van der Waals surface area contributed by atoms with Gasteiger partial charge >= 0.3 is 0 Å². The fraction of sp³-hybridized carbons (Fsp3) is 0.200. The molecule has 1 aromatic rings. The summed E-state index contributed by atoms with van der Waals surface area (Å²) in [5.74, 6) is -0.790. The van der Waals surface area contributed by atoms with Gasteiger partial charge in [0.2, 0.25) is 5.91 Å². The third kappa shape index (κ3) is 4.14. The minimum Gasteiger partial charge on any atom is -0.368 e. The second-order valence-electron chi connectivity index (χ2n) is 3.32. The third-order valence-corrected chi connectivity index (χ3v) is 3.13. The molecule has 8 heteroatoms. The topological polar surface area (TPSA) is 122 Å². The van der Waals surface area contributed by atoms with Gasteiger partial charge in [0.05, 0.1) is 17.4 Å². The molecule has 0 aliphatic rings. The van der Waals surface area contributed by atoms with Crippen LogP contribution in [0.5, 0.6) is 0 Å². The molecule has 7 nitrogen and oxygen atoms in total. The molecule has 96 valence electrons. The average Bonchev–Trinajstić information content (AvgIpc) is 2.29. The van der Waals surface area contributed by atoms with E-state index in [1.165, 1.54) is 24.3 Å². The fourth-order valence-electron chi connectivity index (χ4n) is 1.10. The molecule has 1 rings (SSSR count). The van der Waals surface area contributed by atoms with Crippen LogP contribution >= 0.6 is 0 Å². The number of amides is 1. The van der Waals surface area contributed by atoms with Gasteiger partial charge in [-0.15, -0.1) is 0 Å². The number of primary amides is 1. The molecule has 0 fully saturated rings. The average molecular weight is 269 g/mol. The van der Waals surface area contributed by atoms with Crippen molar-refractivity contribution in [3.05, 3.63) is 29.8 Å². The Morgan fingerprint density at radius 1 is 1.39 bits per heavy atom. The Morgan fingerprint density at radius 3 is 2.50 bits per heavy atom. The predicted octanol–water partition coefficient (Wildman–Crippen LogP) is -0.552. The number of nitriles is 1. The molecule has 1 aromatic carbocycles. The zero-order valence-corrected chi connectivity index (χ0v) is 10.1. The highest BCUT2D eigenvalue weighted by molar-refractivity contribution is 7.89. The van der Waals surface area contributed by atoms with E-state index in [1.54, 1.807) is 4.89 Å². The van der Waals surface area contributed by atoms with Crippen molar-refractivity contribution < 1.29 is 18.0 Å². The van der Waals surface area contributed by atoms with Gasteiger partial charge in [-0.3, -0.25) is 9.63 Å². The minimum absolute atomic E-state index is 0.0336. The van der Waals surface area contributed by atoms with Crippen LogP contribution in [0, 0.1) is 11.3 Å². The smallest absolute Gasteiger partial charge is 0.262 e. The van der Waals surface area contributed by atoms with E-state index in [-0.39, 0.29) is 11.3 Å². The van der Waals surface area contributed by atoms with Gasteiger partial charge in [-0.1, -0.05) is 17.0 Å². The molecule has 0 aliphatic heterocycles. The van der Waals surface area contributed by atoms with E-state index in [9.17, 15) is 13.2 Å². The SMILES string of the molecule is N#CCc1ccc(S(=O)(=O)NOCC(N)=O)cc1. The summed E-state index contributed by atoms with van der Waals surface area (Å²) in [7, 11) is -3.85. The van der Waals surface area contributed by atoms with E-state index in [1.807, 2.05) is 6.07 Å². The summed E-state index contributed by atoms with van der Waals surface area (Å²) < 4.78 is 23.3. The maximum absolute atomic E-state index is 11.6. The molecular weight excluding hydrogens is 258 g/mol. The van der Waals surface area contributed by atoms with Crippen LogP contribution in [0.4, 0.5) is 0 Å². The lowest BCUT2D eigenvalue weighted by Gasteiger charge is -2.06. The molecule has 0 radical (unpaired) electrons. The number of hydrogen-bond donors (Lipinski definition) is 2. The van der Waals surface area contributed by atoms with E-state index in [2.05, 4.69) is 4.84 Å². The van der Waals surface area contributed by atoms with E-state index >= 15 is 0 Å². The first-order valence-corrected chi connectivity index (χ1v) is 6.32. The van der Waals surface area contributed by atoms with Crippen molar-refractivity contribution in [3.8, 4) is 6.07 Å². The zero-order valence-electron chi connectivity index (χ0n) is 9.29. The Labute approximate surface area is 104 Å². The number of benzene rings is 1. The van der Waals surface area contributed by atoms with Crippen molar-refractivity contribution in [1.29, 1.82) is 5.26 Å². The standard InChI is InChI=1S/C10H11N3O4S/c11-6-5-8-1-3-9(4-2-8)18(15,16)13-17-7-10(12)14/h1-4,13H,5,7H2,(H2,12,14). The molecule has 0 spiro atoms. The Hall–Kier alpha value is -1.95. The highest BCUT2D eigenvalue weighted by Gasteiger charge is 2.14. The van der Waals surface area contributed by atoms with Crippen molar-refractivity contribution in [2.24, 2.45) is 5.73 Å². The van der Waals surface area contributed by atoms with Crippen LogP contribution in [0.25, 0.3) is 0 Å². The molecule has 0 saturated carbocycles. The van der Waals surface area contributed by atoms with Crippen LogP contribution in [0.2, 0.25) is 0 Å². The van der Waals surface area contributed by atoms with Crippen molar-refractivity contribution in [3.63, 3.8) is 0 Å². The summed E-state index contributed by atoms with van der Waals surface area (Å²) >= 11 is 0. The quantitative estimate of drug-likeness (QED) is 0.671. The van der Waals surface area contributed by atoms with E-state index in [4.69, 9.17) is 11.0 Å². The molecule has 0 bridgehead atoms. The number of hydrogen-bond acceptors (Lipinski definition) is 5. The molecular formula is C10H11N3O4S. The normalized spacial score (nSPS) is 10.8.